The molecule has 4 nitrogen and oxygen atoms in total. The van der Waals surface area contributed by atoms with Crippen LogP contribution in [0.1, 0.15) is 29.6 Å². The fraction of sp³-hybridized carbons (Fsp3) is 0.391. The molecule has 0 amide bonds. The minimum absolute atomic E-state index is 0.0608. The first-order valence-electron chi connectivity index (χ1n) is 10.0. The molecule has 2 aliphatic rings. The van der Waals surface area contributed by atoms with E-state index in [0.717, 1.165) is 39.0 Å². The molecule has 0 radical (unpaired) electrons. The molecule has 2 atom stereocenters. The number of Topliss-reactive ketones (excluding diaryl/α,β-unsaturated/α-hetero) is 2. The highest BCUT2D eigenvalue weighted by atomic mass is 35.5. The van der Waals surface area contributed by atoms with E-state index in [9.17, 15) is 9.59 Å². The van der Waals surface area contributed by atoms with E-state index < -0.39 is 5.92 Å². The number of benzene rings is 2. The van der Waals surface area contributed by atoms with Crippen LogP contribution in [0.5, 0.6) is 0 Å². The Kier molecular flexibility index (Phi) is 5.79. The summed E-state index contributed by atoms with van der Waals surface area (Å²) in [7, 11) is 0. The molecule has 28 heavy (non-hydrogen) atoms. The van der Waals surface area contributed by atoms with E-state index >= 15 is 0 Å². The summed E-state index contributed by atoms with van der Waals surface area (Å²) in [5, 5.41) is 0.598. The Labute approximate surface area is 171 Å². The van der Waals surface area contributed by atoms with Gasteiger partial charge in [-0.1, -0.05) is 36.2 Å². The fourth-order valence-electron chi connectivity index (χ4n) is 4.40. The Morgan fingerprint density at radius 3 is 2.25 bits per heavy atom. The quantitative estimate of drug-likeness (QED) is 0.576. The molecule has 4 rings (SSSR count). The fourth-order valence-corrected chi connectivity index (χ4v) is 4.53. The molecular weight excluding hydrogens is 372 g/mol. The molecule has 1 saturated heterocycles. The maximum atomic E-state index is 13.2. The molecule has 1 aliphatic carbocycles. The van der Waals surface area contributed by atoms with Crippen molar-refractivity contribution in [3.63, 3.8) is 0 Å². The van der Waals surface area contributed by atoms with Gasteiger partial charge in [0.15, 0.2) is 11.6 Å². The molecule has 1 aliphatic heterocycles. The average molecular weight is 397 g/mol. The van der Waals surface area contributed by atoms with Crippen molar-refractivity contribution in [2.75, 3.05) is 31.1 Å². The molecule has 0 aromatic heterocycles. The topological polar surface area (TPSA) is 40.6 Å². The predicted molar refractivity (Wildman–Crippen MR) is 112 cm³/mol. The van der Waals surface area contributed by atoms with Crippen LogP contribution in [0.15, 0.2) is 54.6 Å². The van der Waals surface area contributed by atoms with Crippen molar-refractivity contribution in [2.24, 2.45) is 5.92 Å². The standard InChI is InChI=1S/C23H25ClN2O2/c24-18-11-9-17(10-12-18)22(27)20-7-4-8-21(23(20)28)26-15-13-25(14-16-26)19-5-2-1-3-6-19/h1-3,5-6,9-12,20-21H,4,7-8,13-16H2. The van der Waals surface area contributed by atoms with Crippen LogP contribution in [0.25, 0.3) is 0 Å². The molecular formula is C23H25ClN2O2. The largest absolute Gasteiger partial charge is 0.369 e. The lowest BCUT2D eigenvalue weighted by Gasteiger charge is -2.42. The number of para-hydroxylation sites is 1. The van der Waals surface area contributed by atoms with Gasteiger partial charge in [-0.05, 0) is 49.2 Å². The number of hydrogen-bond donors (Lipinski definition) is 0. The molecule has 2 aromatic carbocycles. The number of rotatable bonds is 4. The molecule has 2 fully saturated rings. The minimum atomic E-state index is -0.521. The van der Waals surface area contributed by atoms with E-state index in [1.165, 1.54) is 5.69 Å². The van der Waals surface area contributed by atoms with Crippen molar-refractivity contribution >= 4 is 28.9 Å². The second-order valence-corrected chi connectivity index (χ2v) is 8.07. The number of carbonyl (C=O) groups is 2. The number of hydrogen-bond acceptors (Lipinski definition) is 4. The Morgan fingerprint density at radius 1 is 0.893 bits per heavy atom. The first-order chi connectivity index (χ1) is 13.6. The summed E-state index contributed by atoms with van der Waals surface area (Å²) < 4.78 is 0. The van der Waals surface area contributed by atoms with Crippen LogP contribution in [0, 0.1) is 5.92 Å². The smallest absolute Gasteiger partial charge is 0.173 e. The van der Waals surface area contributed by atoms with E-state index in [4.69, 9.17) is 11.6 Å². The first-order valence-corrected chi connectivity index (χ1v) is 10.4. The van der Waals surface area contributed by atoms with Crippen molar-refractivity contribution in [1.82, 2.24) is 4.90 Å². The van der Waals surface area contributed by atoms with Crippen LogP contribution in [0.2, 0.25) is 5.02 Å². The SMILES string of the molecule is O=C(c1ccc(Cl)cc1)C1CCCC(N2CCN(c3ccccc3)CC2)C1=O. The van der Waals surface area contributed by atoms with Gasteiger partial charge in [-0.3, -0.25) is 14.5 Å². The van der Waals surface area contributed by atoms with Crippen LogP contribution in [0.3, 0.4) is 0 Å². The average Bonchev–Trinajstić information content (AvgIpc) is 2.75. The molecule has 5 heteroatoms. The Hall–Kier alpha value is -2.17. The van der Waals surface area contributed by atoms with E-state index in [1.54, 1.807) is 24.3 Å². The zero-order valence-electron chi connectivity index (χ0n) is 15.9. The molecule has 2 unspecified atom stereocenters. The summed E-state index contributed by atoms with van der Waals surface area (Å²) in [6, 6.07) is 17.1. The van der Waals surface area contributed by atoms with E-state index in [-0.39, 0.29) is 17.6 Å². The van der Waals surface area contributed by atoms with Crippen LogP contribution >= 0.6 is 11.6 Å². The van der Waals surface area contributed by atoms with Gasteiger partial charge in [0.2, 0.25) is 0 Å². The maximum Gasteiger partial charge on any atom is 0.173 e. The Morgan fingerprint density at radius 2 is 1.57 bits per heavy atom. The second-order valence-electron chi connectivity index (χ2n) is 7.63. The van der Waals surface area contributed by atoms with Gasteiger partial charge < -0.3 is 4.90 Å². The highest BCUT2D eigenvalue weighted by molar-refractivity contribution is 6.30. The lowest BCUT2D eigenvalue weighted by Crippen LogP contribution is -2.55. The molecule has 0 spiro atoms. The third-order valence-electron chi connectivity index (χ3n) is 5.96. The van der Waals surface area contributed by atoms with Gasteiger partial charge in [0.05, 0.1) is 12.0 Å². The van der Waals surface area contributed by atoms with Gasteiger partial charge in [-0.25, -0.2) is 0 Å². The highest BCUT2D eigenvalue weighted by Gasteiger charge is 2.39. The molecule has 146 valence electrons. The number of halogens is 1. The summed E-state index contributed by atoms with van der Waals surface area (Å²) in [5.74, 6) is -0.485. The summed E-state index contributed by atoms with van der Waals surface area (Å²) >= 11 is 5.92. The van der Waals surface area contributed by atoms with Crippen molar-refractivity contribution in [1.29, 1.82) is 0 Å². The normalized spacial score (nSPS) is 23.6. The number of piperazine rings is 1. The van der Waals surface area contributed by atoms with Crippen molar-refractivity contribution in [3.8, 4) is 0 Å². The molecule has 1 heterocycles. The van der Waals surface area contributed by atoms with Crippen molar-refractivity contribution in [2.45, 2.75) is 25.3 Å². The maximum absolute atomic E-state index is 13.2. The van der Waals surface area contributed by atoms with E-state index in [1.807, 2.05) is 6.07 Å². The van der Waals surface area contributed by atoms with Crippen molar-refractivity contribution < 1.29 is 9.59 Å². The minimum Gasteiger partial charge on any atom is -0.369 e. The first kappa shape index (κ1) is 19.2. The van der Waals surface area contributed by atoms with Gasteiger partial charge in [-0.15, -0.1) is 0 Å². The number of anilines is 1. The van der Waals surface area contributed by atoms with Crippen LogP contribution in [0.4, 0.5) is 5.69 Å². The molecule has 0 N–H and O–H groups in total. The van der Waals surface area contributed by atoms with Gasteiger partial charge in [0.1, 0.15) is 0 Å². The van der Waals surface area contributed by atoms with Crippen LogP contribution < -0.4 is 4.90 Å². The van der Waals surface area contributed by atoms with Gasteiger partial charge in [0.25, 0.3) is 0 Å². The molecule has 1 saturated carbocycles. The molecule has 2 aromatic rings. The van der Waals surface area contributed by atoms with E-state index in [2.05, 4.69) is 34.1 Å². The van der Waals surface area contributed by atoms with E-state index in [0.29, 0.717) is 17.0 Å². The summed E-state index contributed by atoms with van der Waals surface area (Å²) in [4.78, 5) is 30.7. The Bertz CT molecular complexity index is 829. The number of ketones is 2. The zero-order valence-corrected chi connectivity index (χ0v) is 16.6. The van der Waals surface area contributed by atoms with Gasteiger partial charge in [0, 0.05) is 42.5 Å². The zero-order chi connectivity index (χ0) is 19.5. The lowest BCUT2D eigenvalue weighted by atomic mass is 9.79. The summed E-state index contributed by atoms with van der Waals surface area (Å²) in [6.07, 6.45) is 2.43. The Balaban J connectivity index is 1.41. The predicted octanol–water partition coefficient (Wildman–Crippen LogP) is 4.08. The highest BCUT2D eigenvalue weighted by Crippen LogP contribution is 2.29. The van der Waals surface area contributed by atoms with Gasteiger partial charge >= 0.3 is 0 Å². The summed E-state index contributed by atoms with van der Waals surface area (Å²) in [5.41, 5.74) is 1.81. The summed E-state index contributed by atoms with van der Waals surface area (Å²) in [6.45, 7) is 3.52. The number of carbonyl (C=O) groups excluding carboxylic acids is 2. The van der Waals surface area contributed by atoms with Crippen molar-refractivity contribution in [3.05, 3.63) is 65.2 Å². The van der Waals surface area contributed by atoms with Crippen LogP contribution in [-0.4, -0.2) is 48.7 Å². The third-order valence-corrected chi connectivity index (χ3v) is 6.22. The second kappa shape index (κ2) is 8.46. The van der Waals surface area contributed by atoms with Gasteiger partial charge in [-0.2, -0.15) is 0 Å². The van der Waals surface area contributed by atoms with Crippen LogP contribution in [-0.2, 0) is 4.79 Å². The monoisotopic (exact) mass is 396 g/mol. The molecule has 0 bridgehead atoms. The lowest BCUT2D eigenvalue weighted by molar-refractivity contribution is -0.129. The third kappa shape index (κ3) is 3.98. The number of nitrogens with zero attached hydrogens (tertiary/aromatic N) is 2.